The number of rotatable bonds is 5. The molecule has 0 saturated heterocycles. The highest BCUT2D eigenvalue weighted by Crippen LogP contribution is 2.39. The summed E-state index contributed by atoms with van der Waals surface area (Å²) in [7, 11) is 1.70. The molecule has 1 aromatic rings. The maximum absolute atomic E-state index is 5.64. The predicted molar refractivity (Wildman–Crippen MR) is 109 cm³/mol. The van der Waals surface area contributed by atoms with Crippen LogP contribution in [-0.2, 0) is 0 Å². The number of fused-ring (bicyclic) bond motifs is 1. The van der Waals surface area contributed by atoms with Crippen molar-refractivity contribution in [2.24, 2.45) is 4.99 Å². The van der Waals surface area contributed by atoms with Gasteiger partial charge in [-0.2, -0.15) is 0 Å². The Labute approximate surface area is 157 Å². The van der Waals surface area contributed by atoms with Crippen molar-refractivity contribution in [3.8, 4) is 5.88 Å². The standard InChI is InChI=1S/C22H31N3O/c1-8-16-11-19-20(15(6)12-25(19)14(4)5)24-21(16)17-9-10-18(13(2)3)23-22(17)26-7/h9-10,12-14,19H,8,11H2,1-7H3. The van der Waals surface area contributed by atoms with Crippen LogP contribution in [0.15, 0.2) is 34.5 Å². The molecule has 0 saturated carbocycles. The summed E-state index contributed by atoms with van der Waals surface area (Å²) in [6.45, 7) is 13.2. The molecule has 3 rings (SSSR count). The number of ether oxygens (including phenoxy) is 1. The fourth-order valence-corrected chi connectivity index (χ4v) is 3.86. The van der Waals surface area contributed by atoms with E-state index in [-0.39, 0.29) is 0 Å². The molecule has 1 aromatic heterocycles. The molecule has 4 heteroatoms. The third kappa shape index (κ3) is 3.17. The van der Waals surface area contributed by atoms with Crippen LogP contribution < -0.4 is 4.74 Å². The van der Waals surface area contributed by atoms with Crippen LogP contribution in [0, 0.1) is 0 Å². The van der Waals surface area contributed by atoms with Gasteiger partial charge in [0.05, 0.1) is 30.1 Å². The zero-order valence-corrected chi connectivity index (χ0v) is 17.1. The van der Waals surface area contributed by atoms with E-state index in [1.807, 2.05) is 0 Å². The Morgan fingerprint density at radius 3 is 2.54 bits per heavy atom. The molecular weight excluding hydrogens is 322 g/mol. The van der Waals surface area contributed by atoms with Crippen LogP contribution in [0.4, 0.5) is 0 Å². The first-order valence-corrected chi connectivity index (χ1v) is 9.69. The van der Waals surface area contributed by atoms with Crippen molar-refractivity contribution < 1.29 is 4.74 Å². The number of nitrogens with zero attached hydrogens (tertiary/aromatic N) is 3. The normalized spacial score (nSPS) is 19.9. The van der Waals surface area contributed by atoms with Gasteiger partial charge in [0.15, 0.2) is 0 Å². The quantitative estimate of drug-likeness (QED) is 0.732. The van der Waals surface area contributed by atoms with Crippen molar-refractivity contribution in [2.75, 3.05) is 7.11 Å². The van der Waals surface area contributed by atoms with Gasteiger partial charge in [-0.3, -0.25) is 4.99 Å². The molecule has 3 heterocycles. The molecule has 1 unspecified atom stereocenters. The van der Waals surface area contributed by atoms with Crippen LogP contribution in [0.25, 0.3) is 5.70 Å². The molecule has 4 nitrogen and oxygen atoms in total. The summed E-state index contributed by atoms with van der Waals surface area (Å²) in [5.41, 5.74) is 6.95. The summed E-state index contributed by atoms with van der Waals surface area (Å²) in [4.78, 5) is 12.3. The van der Waals surface area contributed by atoms with E-state index in [2.05, 4.69) is 64.8 Å². The average Bonchev–Trinajstić information content (AvgIpc) is 2.96. The van der Waals surface area contributed by atoms with Gasteiger partial charge in [-0.05, 0) is 62.8 Å². The zero-order chi connectivity index (χ0) is 19.0. The highest BCUT2D eigenvalue weighted by atomic mass is 16.5. The molecule has 0 spiro atoms. The molecule has 0 N–H and O–H groups in total. The Kier molecular flexibility index (Phi) is 5.22. The van der Waals surface area contributed by atoms with E-state index < -0.39 is 0 Å². The topological polar surface area (TPSA) is 37.7 Å². The third-order valence-corrected chi connectivity index (χ3v) is 5.37. The Balaban J connectivity index is 2.08. The Morgan fingerprint density at radius 1 is 1.23 bits per heavy atom. The fourth-order valence-electron chi connectivity index (χ4n) is 3.86. The molecule has 0 fully saturated rings. The highest BCUT2D eigenvalue weighted by molar-refractivity contribution is 6.09. The summed E-state index contributed by atoms with van der Waals surface area (Å²) in [5, 5.41) is 0. The van der Waals surface area contributed by atoms with Crippen molar-refractivity contribution >= 4 is 11.4 Å². The summed E-state index contributed by atoms with van der Waals surface area (Å²) in [6, 6.07) is 5.07. The maximum atomic E-state index is 5.64. The molecule has 0 aliphatic carbocycles. The third-order valence-electron chi connectivity index (χ3n) is 5.37. The van der Waals surface area contributed by atoms with Crippen molar-refractivity contribution in [1.82, 2.24) is 9.88 Å². The van der Waals surface area contributed by atoms with E-state index >= 15 is 0 Å². The Morgan fingerprint density at radius 2 is 1.96 bits per heavy atom. The van der Waals surface area contributed by atoms with Crippen LogP contribution in [0.1, 0.15) is 71.6 Å². The van der Waals surface area contributed by atoms with Crippen LogP contribution in [0.2, 0.25) is 0 Å². The number of methoxy groups -OCH3 is 1. The van der Waals surface area contributed by atoms with Gasteiger partial charge in [-0.1, -0.05) is 20.8 Å². The van der Waals surface area contributed by atoms with Gasteiger partial charge in [0.25, 0.3) is 0 Å². The minimum absolute atomic E-state index is 0.364. The van der Waals surface area contributed by atoms with Crippen LogP contribution in [0.3, 0.4) is 0 Å². The van der Waals surface area contributed by atoms with E-state index in [9.17, 15) is 0 Å². The summed E-state index contributed by atoms with van der Waals surface area (Å²) in [5.74, 6) is 1.06. The molecule has 1 atom stereocenters. The minimum atomic E-state index is 0.364. The molecule has 140 valence electrons. The molecule has 0 amide bonds. The predicted octanol–water partition coefficient (Wildman–Crippen LogP) is 5.18. The van der Waals surface area contributed by atoms with Gasteiger partial charge in [0.1, 0.15) is 0 Å². The summed E-state index contributed by atoms with van der Waals surface area (Å²) in [6.07, 6.45) is 4.27. The van der Waals surface area contributed by atoms with E-state index in [0.717, 1.165) is 29.8 Å². The minimum Gasteiger partial charge on any atom is -0.480 e. The molecule has 26 heavy (non-hydrogen) atoms. The van der Waals surface area contributed by atoms with Gasteiger partial charge in [0, 0.05) is 17.9 Å². The molecule has 2 aliphatic rings. The second-order valence-corrected chi connectivity index (χ2v) is 7.82. The smallest absolute Gasteiger partial charge is 0.222 e. The largest absolute Gasteiger partial charge is 0.480 e. The van der Waals surface area contributed by atoms with Crippen LogP contribution in [-0.4, -0.2) is 34.8 Å². The van der Waals surface area contributed by atoms with Gasteiger partial charge >= 0.3 is 0 Å². The molecular formula is C22H31N3O. The SMILES string of the molecule is CCC1=C(c2ccc(C(C)C)nc2OC)N=C2C(C)=CN(C(C)C)C2C1. The van der Waals surface area contributed by atoms with E-state index in [4.69, 9.17) is 14.7 Å². The average molecular weight is 354 g/mol. The van der Waals surface area contributed by atoms with Crippen molar-refractivity contribution in [3.05, 3.63) is 40.7 Å². The van der Waals surface area contributed by atoms with E-state index in [1.54, 1.807) is 7.11 Å². The lowest BCUT2D eigenvalue weighted by molar-refractivity contribution is 0.283. The van der Waals surface area contributed by atoms with Crippen molar-refractivity contribution in [1.29, 1.82) is 0 Å². The molecule has 0 bridgehead atoms. The first-order valence-electron chi connectivity index (χ1n) is 9.69. The van der Waals surface area contributed by atoms with Gasteiger partial charge < -0.3 is 9.64 Å². The van der Waals surface area contributed by atoms with Gasteiger partial charge in [0.2, 0.25) is 5.88 Å². The Bertz CT molecular complexity index is 787. The number of aromatic nitrogens is 1. The second kappa shape index (κ2) is 7.26. The lowest BCUT2D eigenvalue weighted by atomic mass is 9.91. The number of aliphatic imine (C=N–C) groups is 1. The Hall–Kier alpha value is -2.10. The summed E-state index contributed by atoms with van der Waals surface area (Å²) < 4.78 is 5.64. The van der Waals surface area contributed by atoms with Crippen molar-refractivity contribution in [3.63, 3.8) is 0 Å². The first-order chi connectivity index (χ1) is 12.4. The first kappa shape index (κ1) is 18.7. The van der Waals surface area contributed by atoms with Crippen LogP contribution in [0.5, 0.6) is 5.88 Å². The maximum Gasteiger partial charge on any atom is 0.222 e. The van der Waals surface area contributed by atoms with Crippen molar-refractivity contribution in [2.45, 2.75) is 72.4 Å². The highest BCUT2D eigenvalue weighted by Gasteiger charge is 2.35. The number of hydrogen-bond acceptors (Lipinski definition) is 4. The van der Waals surface area contributed by atoms with E-state index in [0.29, 0.717) is 23.9 Å². The van der Waals surface area contributed by atoms with E-state index in [1.165, 1.54) is 16.9 Å². The number of pyridine rings is 1. The van der Waals surface area contributed by atoms with Crippen LogP contribution >= 0.6 is 0 Å². The van der Waals surface area contributed by atoms with Gasteiger partial charge in [-0.15, -0.1) is 0 Å². The second-order valence-electron chi connectivity index (χ2n) is 7.82. The zero-order valence-electron chi connectivity index (χ0n) is 17.1. The summed E-state index contributed by atoms with van der Waals surface area (Å²) >= 11 is 0. The monoisotopic (exact) mass is 353 g/mol. The fraction of sp³-hybridized carbons (Fsp3) is 0.545. The lowest BCUT2D eigenvalue weighted by Gasteiger charge is -2.33. The van der Waals surface area contributed by atoms with Gasteiger partial charge in [-0.25, -0.2) is 4.98 Å². The molecule has 2 aliphatic heterocycles. The molecule has 0 radical (unpaired) electrons. The number of hydrogen-bond donors (Lipinski definition) is 0. The lowest BCUT2D eigenvalue weighted by Crippen LogP contribution is -2.38. The molecule has 0 aromatic carbocycles.